The van der Waals surface area contributed by atoms with E-state index in [2.05, 4.69) is 17.5 Å². The Morgan fingerprint density at radius 1 is 1.04 bits per heavy atom. The molecule has 0 saturated carbocycles. The van der Waals surface area contributed by atoms with Crippen LogP contribution in [0.1, 0.15) is 29.3 Å². The van der Waals surface area contributed by atoms with Crippen LogP contribution < -0.4 is 10.2 Å². The van der Waals surface area contributed by atoms with Crippen molar-refractivity contribution < 1.29 is 9.53 Å². The highest BCUT2D eigenvalue weighted by molar-refractivity contribution is 6.00. The van der Waals surface area contributed by atoms with Crippen LogP contribution >= 0.6 is 0 Å². The van der Waals surface area contributed by atoms with Gasteiger partial charge in [-0.2, -0.15) is 5.10 Å². The summed E-state index contributed by atoms with van der Waals surface area (Å²) in [6, 6.07) is 21.1. The fourth-order valence-electron chi connectivity index (χ4n) is 2.51. The minimum absolute atomic E-state index is 0.251. The molecule has 0 fully saturated rings. The van der Waals surface area contributed by atoms with Crippen molar-refractivity contribution in [3.63, 3.8) is 0 Å². The number of rotatable bonds is 6. The van der Waals surface area contributed by atoms with Crippen LogP contribution in [0.25, 0.3) is 10.8 Å². The maximum absolute atomic E-state index is 12.2. The van der Waals surface area contributed by atoms with Crippen LogP contribution in [0.3, 0.4) is 0 Å². The number of carbonyl (C=O) groups is 1. The van der Waals surface area contributed by atoms with E-state index in [0.29, 0.717) is 12.2 Å². The SMILES string of the molecule is CCCOc1ccc(C(=O)N/N=C/c2cccc3ccccc23)cc1. The second-order valence-corrected chi connectivity index (χ2v) is 5.64. The number of ether oxygens (including phenoxy) is 1. The molecule has 1 amide bonds. The number of hydrogen-bond acceptors (Lipinski definition) is 3. The molecule has 3 aromatic rings. The van der Waals surface area contributed by atoms with Crippen molar-refractivity contribution in [3.05, 3.63) is 77.9 Å². The number of nitrogens with zero attached hydrogens (tertiary/aromatic N) is 1. The fraction of sp³-hybridized carbons (Fsp3) is 0.143. The summed E-state index contributed by atoms with van der Waals surface area (Å²) >= 11 is 0. The highest BCUT2D eigenvalue weighted by Gasteiger charge is 2.04. The Bertz CT molecular complexity index is 881. The van der Waals surface area contributed by atoms with Crippen molar-refractivity contribution >= 4 is 22.9 Å². The number of hydrogen-bond donors (Lipinski definition) is 1. The Labute approximate surface area is 147 Å². The predicted molar refractivity (Wildman–Crippen MR) is 101 cm³/mol. The fourth-order valence-corrected chi connectivity index (χ4v) is 2.51. The predicted octanol–water partition coefficient (Wildman–Crippen LogP) is 4.39. The molecule has 25 heavy (non-hydrogen) atoms. The molecule has 0 aliphatic carbocycles. The van der Waals surface area contributed by atoms with E-state index in [1.54, 1.807) is 30.5 Å². The van der Waals surface area contributed by atoms with Crippen LogP contribution in [0.4, 0.5) is 0 Å². The van der Waals surface area contributed by atoms with Gasteiger partial charge >= 0.3 is 0 Å². The van der Waals surface area contributed by atoms with Crippen LogP contribution in [0.15, 0.2) is 71.8 Å². The molecule has 4 nitrogen and oxygen atoms in total. The van der Waals surface area contributed by atoms with Gasteiger partial charge in [-0.05, 0) is 41.5 Å². The highest BCUT2D eigenvalue weighted by atomic mass is 16.5. The lowest BCUT2D eigenvalue weighted by atomic mass is 10.1. The molecule has 0 unspecified atom stereocenters. The molecule has 0 spiro atoms. The van der Waals surface area contributed by atoms with Gasteiger partial charge in [-0.15, -0.1) is 0 Å². The van der Waals surface area contributed by atoms with Gasteiger partial charge in [0.2, 0.25) is 0 Å². The van der Waals surface area contributed by atoms with E-state index in [-0.39, 0.29) is 5.91 Å². The minimum atomic E-state index is -0.251. The number of carbonyl (C=O) groups excluding carboxylic acids is 1. The molecule has 0 heterocycles. The van der Waals surface area contributed by atoms with Crippen LogP contribution in [-0.4, -0.2) is 18.7 Å². The van der Waals surface area contributed by atoms with Gasteiger partial charge in [-0.25, -0.2) is 5.43 Å². The summed E-state index contributed by atoms with van der Waals surface area (Å²) in [5.41, 5.74) is 4.07. The van der Waals surface area contributed by atoms with E-state index in [4.69, 9.17) is 4.74 Å². The Hall–Kier alpha value is -3.14. The van der Waals surface area contributed by atoms with Gasteiger partial charge < -0.3 is 4.74 Å². The third-order valence-electron chi connectivity index (χ3n) is 3.78. The van der Waals surface area contributed by atoms with Crippen LogP contribution in [0, 0.1) is 0 Å². The number of fused-ring (bicyclic) bond motifs is 1. The Kier molecular flexibility index (Phi) is 5.42. The summed E-state index contributed by atoms with van der Waals surface area (Å²) < 4.78 is 5.51. The Morgan fingerprint density at radius 2 is 1.80 bits per heavy atom. The second-order valence-electron chi connectivity index (χ2n) is 5.64. The zero-order valence-corrected chi connectivity index (χ0v) is 14.1. The van der Waals surface area contributed by atoms with E-state index < -0.39 is 0 Å². The van der Waals surface area contributed by atoms with Crippen molar-refractivity contribution in [3.8, 4) is 5.75 Å². The average molecular weight is 332 g/mol. The van der Waals surface area contributed by atoms with Gasteiger partial charge in [0.05, 0.1) is 12.8 Å². The molecule has 0 aliphatic heterocycles. The Morgan fingerprint density at radius 3 is 2.60 bits per heavy atom. The van der Waals surface area contributed by atoms with E-state index in [1.807, 2.05) is 42.5 Å². The summed E-state index contributed by atoms with van der Waals surface area (Å²) in [5.74, 6) is 0.510. The van der Waals surface area contributed by atoms with Crippen molar-refractivity contribution in [1.82, 2.24) is 5.43 Å². The van der Waals surface area contributed by atoms with Gasteiger partial charge in [0.15, 0.2) is 0 Å². The molecule has 0 aliphatic rings. The second kappa shape index (κ2) is 8.11. The number of benzene rings is 3. The molecular formula is C21H20N2O2. The summed E-state index contributed by atoms with van der Waals surface area (Å²) in [5, 5.41) is 6.32. The zero-order valence-electron chi connectivity index (χ0n) is 14.1. The monoisotopic (exact) mass is 332 g/mol. The lowest BCUT2D eigenvalue weighted by Crippen LogP contribution is -2.17. The molecule has 0 saturated heterocycles. The third-order valence-corrected chi connectivity index (χ3v) is 3.78. The molecule has 4 heteroatoms. The lowest BCUT2D eigenvalue weighted by molar-refractivity contribution is 0.0955. The molecule has 0 radical (unpaired) electrons. The summed E-state index contributed by atoms with van der Waals surface area (Å²) in [6.45, 7) is 2.72. The first-order valence-corrected chi connectivity index (χ1v) is 8.32. The van der Waals surface area contributed by atoms with Crippen molar-refractivity contribution in [2.75, 3.05) is 6.61 Å². The average Bonchev–Trinajstić information content (AvgIpc) is 2.67. The first-order chi connectivity index (χ1) is 12.3. The molecule has 0 aromatic heterocycles. The maximum Gasteiger partial charge on any atom is 0.271 e. The van der Waals surface area contributed by atoms with Crippen molar-refractivity contribution in [1.29, 1.82) is 0 Å². The quantitative estimate of drug-likeness (QED) is 0.537. The van der Waals surface area contributed by atoms with Crippen LogP contribution in [-0.2, 0) is 0 Å². The highest BCUT2D eigenvalue weighted by Crippen LogP contribution is 2.17. The smallest absolute Gasteiger partial charge is 0.271 e. The number of amides is 1. The third kappa shape index (κ3) is 4.23. The number of hydrazone groups is 1. The van der Waals surface area contributed by atoms with Crippen LogP contribution in [0.2, 0.25) is 0 Å². The molecule has 1 N–H and O–H groups in total. The molecule has 126 valence electrons. The standard InChI is InChI=1S/C21H20N2O2/c1-2-14-25-19-12-10-17(11-13-19)21(24)23-22-15-18-8-5-7-16-6-3-4-9-20(16)18/h3-13,15H,2,14H2,1H3,(H,23,24)/b22-15+. The number of nitrogens with one attached hydrogen (secondary N) is 1. The van der Waals surface area contributed by atoms with Crippen LogP contribution in [0.5, 0.6) is 5.75 Å². The molecule has 3 aromatic carbocycles. The van der Waals surface area contributed by atoms with E-state index >= 15 is 0 Å². The normalized spacial score (nSPS) is 10.9. The largest absolute Gasteiger partial charge is 0.494 e. The Balaban J connectivity index is 1.66. The molecular weight excluding hydrogens is 312 g/mol. The van der Waals surface area contributed by atoms with Gasteiger partial charge in [0, 0.05) is 11.1 Å². The van der Waals surface area contributed by atoms with Gasteiger partial charge in [-0.1, -0.05) is 49.4 Å². The van der Waals surface area contributed by atoms with E-state index in [0.717, 1.165) is 28.5 Å². The minimum Gasteiger partial charge on any atom is -0.494 e. The van der Waals surface area contributed by atoms with E-state index in [1.165, 1.54) is 0 Å². The molecule has 3 rings (SSSR count). The zero-order chi connectivity index (χ0) is 17.5. The van der Waals surface area contributed by atoms with Gasteiger partial charge in [0.1, 0.15) is 5.75 Å². The molecule has 0 bridgehead atoms. The van der Waals surface area contributed by atoms with E-state index in [9.17, 15) is 4.79 Å². The first-order valence-electron chi connectivity index (χ1n) is 8.32. The summed E-state index contributed by atoms with van der Waals surface area (Å²) in [4.78, 5) is 12.2. The lowest BCUT2D eigenvalue weighted by Gasteiger charge is -2.05. The van der Waals surface area contributed by atoms with Gasteiger partial charge in [-0.3, -0.25) is 4.79 Å². The molecule has 0 atom stereocenters. The summed E-state index contributed by atoms with van der Waals surface area (Å²) in [7, 11) is 0. The topological polar surface area (TPSA) is 50.7 Å². The first kappa shape index (κ1) is 16.7. The summed E-state index contributed by atoms with van der Waals surface area (Å²) in [6.07, 6.45) is 2.62. The van der Waals surface area contributed by atoms with Crippen molar-refractivity contribution in [2.45, 2.75) is 13.3 Å². The maximum atomic E-state index is 12.2. The van der Waals surface area contributed by atoms with Crippen molar-refractivity contribution in [2.24, 2.45) is 5.10 Å². The van der Waals surface area contributed by atoms with Gasteiger partial charge in [0.25, 0.3) is 5.91 Å².